The highest BCUT2D eigenvalue weighted by molar-refractivity contribution is 9.09. The van der Waals surface area contributed by atoms with E-state index < -0.39 is 0 Å². The molecule has 0 saturated carbocycles. The Balaban J connectivity index is 2.14. The van der Waals surface area contributed by atoms with E-state index in [1.165, 1.54) is 6.07 Å². The molecular formula is C12H12BrFN2. The molecule has 84 valence electrons. The summed E-state index contributed by atoms with van der Waals surface area (Å²) in [4.78, 5) is 7.36. The first-order valence-corrected chi connectivity index (χ1v) is 5.97. The second kappa shape index (κ2) is 4.78. The lowest BCUT2D eigenvalue weighted by molar-refractivity contribution is 0.617. The summed E-state index contributed by atoms with van der Waals surface area (Å²) < 4.78 is 13.1. The lowest BCUT2D eigenvalue weighted by Crippen LogP contribution is -1.98. The first kappa shape index (κ1) is 11.3. The molecule has 1 heterocycles. The molecule has 0 aliphatic heterocycles. The van der Waals surface area contributed by atoms with Crippen molar-refractivity contribution in [2.75, 3.05) is 0 Å². The highest BCUT2D eigenvalue weighted by Crippen LogP contribution is 2.27. The molecule has 0 radical (unpaired) electrons. The number of aromatic amines is 1. The summed E-state index contributed by atoms with van der Waals surface area (Å²) >= 11 is 3.58. The first-order chi connectivity index (χ1) is 7.66. The molecule has 1 aromatic heterocycles. The van der Waals surface area contributed by atoms with Crippen LogP contribution in [0.4, 0.5) is 4.39 Å². The van der Waals surface area contributed by atoms with Crippen LogP contribution in [0.1, 0.15) is 21.8 Å². The maximum absolute atomic E-state index is 13.1. The molecule has 1 unspecified atom stereocenters. The molecule has 1 atom stereocenters. The summed E-state index contributed by atoms with van der Waals surface area (Å²) in [6.07, 6.45) is 4.29. The Labute approximate surface area is 102 Å². The maximum atomic E-state index is 13.1. The molecule has 16 heavy (non-hydrogen) atoms. The van der Waals surface area contributed by atoms with Crippen LogP contribution < -0.4 is 0 Å². The van der Waals surface area contributed by atoms with Gasteiger partial charge in [0.25, 0.3) is 0 Å². The molecule has 2 nitrogen and oxygen atoms in total. The van der Waals surface area contributed by atoms with Crippen LogP contribution in [-0.2, 0) is 6.42 Å². The van der Waals surface area contributed by atoms with Crippen LogP contribution >= 0.6 is 15.9 Å². The van der Waals surface area contributed by atoms with Gasteiger partial charge in [-0.25, -0.2) is 9.37 Å². The van der Waals surface area contributed by atoms with E-state index in [1.807, 2.05) is 6.07 Å². The second-order valence-corrected chi connectivity index (χ2v) is 4.82. The van der Waals surface area contributed by atoms with Gasteiger partial charge in [-0.15, -0.1) is 0 Å². The largest absolute Gasteiger partial charge is 0.349 e. The number of aryl methyl sites for hydroxylation is 1. The molecule has 1 aromatic carbocycles. The molecule has 0 bridgehead atoms. The van der Waals surface area contributed by atoms with E-state index >= 15 is 0 Å². The Kier molecular flexibility index (Phi) is 3.39. The molecule has 4 heteroatoms. The Bertz CT molecular complexity index is 468. The van der Waals surface area contributed by atoms with Gasteiger partial charge >= 0.3 is 0 Å². The molecule has 2 rings (SSSR count). The number of benzene rings is 1. The van der Waals surface area contributed by atoms with Crippen molar-refractivity contribution >= 4 is 15.9 Å². The molecule has 1 N–H and O–H groups in total. The van der Waals surface area contributed by atoms with E-state index in [0.29, 0.717) is 5.56 Å². The van der Waals surface area contributed by atoms with Gasteiger partial charge in [0.2, 0.25) is 0 Å². The van der Waals surface area contributed by atoms with Crippen molar-refractivity contribution in [3.63, 3.8) is 0 Å². The van der Waals surface area contributed by atoms with Crippen LogP contribution in [0.5, 0.6) is 0 Å². The SMILES string of the molecule is Cc1cc(C(Br)Cc2ncc[nH]2)ccc1F. The zero-order chi connectivity index (χ0) is 11.5. The fourth-order valence-electron chi connectivity index (χ4n) is 1.56. The fraction of sp³-hybridized carbons (Fsp3) is 0.250. The van der Waals surface area contributed by atoms with Crippen molar-refractivity contribution < 1.29 is 4.39 Å². The summed E-state index contributed by atoms with van der Waals surface area (Å²) in [7, 11) is 0. The summed E-state index contributed by atoms with van der Waals surface area (Å²) in [5.74, 6) is 0.755. The number of nitrogens with zero attached hydrogens (tertiary/aromatic N) is 1. The van der Waals surface area contributed by atoms with E-state index in [2.05, 4.69) is 25.9 Å². The van der Waals surface area contributed by atoms with Gasteiger partial charge in [0.15, 0.2) is 0 Å². The standard InChI is InChI=1S/C12H12BrFN2/c1-8-6-9(2-3-11(8)14)10(13)7-12-15-4-5-16-12/h2-6,10H,7H2,1H3,(H,15,16). The smallest absolute Gasteiger partial charge is 0.126 e. The van der Waals surface area contributed by atoms with Gasteiger partial charge in [-0.3, -0.25) is 0 Å². The van der Waals surface area contributed by atoms with Gasteiger partial charge in [0.1, 0.15) is 11.6 Å². The lowest BCUT2D eigenvalue weighted by Gasteiger charge is -2.09. The third-order valence-corrected chi connectivity index (χ3v) is 3.32. The number of aromatic nitrogens is 2. The number of nitrogens with one attached hydrogen (secondary N) is 1. The van der Waals surface area contributed by atoms with Crippen molar-refractivity contribution in [2.24, 2.45) is 0 Å². The van der Waals surface area contributed by atoms with Crippen LogP contribution in [-0.4, -0.2) is 9.97 Å². The first-order valence-electron chi connectivity index (χ1n) is 5.05. The molecule has 0 spiro atoms. The third kappa shape index (κ3) is 2.50. The van der Waals surface area contributed by atoms with E-state index in [-0.39, 0.29) is 10.6 Å². The van der Waals surface area contributed by atoms with E-state index in [9.17, 15) is 4.39 Å². The zero-order valence-corrected chi connectivity index (χ0v) is 10.5. The van der Waals surface area contributed by atoms with Gasteiger partial charge in [0, 0.05) is 23.6 Å². The van der Waals surface area contributed by atoms with Gasteiger partial charge in [-0.05, 0) is 24.1 Å². The van der Waals surface area contributed by atoms with Crippen molar-refractivity contribution in [1.29, 1.82) is 0 Å². The normalized spacial score (nSPS) is 12.7. The van der Waals surface area contributed by atoms with Crippen molar-refractivity contribution in [3.05, 3.63) is 53.4 Å². The second-order valence-electron chi connectivity index (χ2n) is 3.72. The van der Waals surface area contributed by atoms with E-state index in [4.69, 9.17) is 0 Å². The van der Waals surface area contributed by atoms with Crippen LogP contribution in [0, 0.1) is 12.7 Å². The van der Waals surface area contributed by atoms with Crippen LogP contribution in [0.25, 0.3) is 0 Å². The van der Waals surface area contributed by atoms with Gasteiger partial charge in [-0.1, -0.05) is 28.1 Å². The van der Waals surface area contributed by atoms with Crippen LogP contribution in [0.3, 0.4) is 0 Å². The Morgan fingerprint density at radius 3 is 2.94 bits per heavy atom. The highest BCUT2D eigenvalue weighted by atomic mass is 79.9. The Morgan fingerprint density at radius 2 is 2.31 bits per heavy atom. The summed E-state index contributed by atoms with van der Waals surface area (Å²) in [5.41, 5.74) is 1.73. The van der Waals surface area contributed by atoms with Gasteiger partial charge < -0.3 is 4.98 Å². The summed E-state index contributed by atoms with van der Waals surface area (Å²) in [6, 6.07) is 5.16. The van der Waals surface area contributed by atoms with Gasteiger partial charge in [0.05, 0.1) is 0 Å². The average molecular weight is 283 g/mol. The Hall–Kier alpha value is -1.16. The molecular weight excluding hydrogens is 271 g/mol. The molecule has 0 aliphatic carbocycles. The van der Waals surface area contributed by atoms with Crippen molar-refractivity contribution in [3.8, 4) is 0 Å². The van der Waals surface area contributed by atoms with E-state index in [1.54, 1.807) is 25.4 Å². The number of imidazole rings is 1. The number of halogens is 2. The van der Waals surface area contributed by atoms with Crippen LogP contribution in [0.15, 0.2) is 30.6 Å². The number of rotatable bonds is 3. The zero-order valence-electron chi connectivity index (χ0n) is 8.87. The minimum absolute atomic E-state index is 0.151. The molecule has 2 aromatic rings. The predicted octanol–water partition coefficient (Wildman–Crippen LogP) is 3.54. The molecule has 0 aliphatic rings. The van der Waals surface area contributed by atoms with Gasteiger partial charge in [-0.2, -0.15) is 0 Å². The molecule has 0 fully saturated rings. The van der Waals surface area contributed by atoms with Crippen molar-refractivity contribution in [1.82, 2.24) is 9.97 Å². The highest BCUT2D eigenvalue weighted by Gasteiger charge is 2.11. The summed E-state index contributed by atoms with van der Waals surface area (Å²) in [6.45, 7) is 1.77. The maximum Gasteiger partial charge on any atom is 0.126 e. The minimum atomic E-state index is -0.165. The summed E-state index contributed by atoms with van der Waals surface area (Å²) in [5, 5.41) is 0. The molecule has 0 amide bonds. The average Bonchev–Trinajstić information content (AvgIpc) is 2.74. The predicted molar refractivity (Wildman–Crippen MR) is 65.1 cm³/mol. The van der Waals surface area contributed by atoms with Crippen molar-refractivity contribution in [2.45, 2.75) is 18.2 Å². The topological polar surface area (TPSA) is 28.7 Å². The molecule has 0 saturated heterocycles. The number of hydrogen-bond acceptors (Lipinski definition) is 1. The fourth-order valence-corrected chi connectivity index (χ4v) is 2.15. The third-order valence-electron chi connectivity index (χ3n) is 2.47. The number of hydrogen-bond donors (Lipinski definition) is 1. The lowest BCUT2D eigenvalue weighted by atomic mass is 10.1. The van der Waals surface area contributed by atoms with Crippen LogP contribution in [0.2, 0.25) is 0 Å². The van der Waals surface area contributed by atoms with E-state index in [0.717, 1.165) is 17.8 Å². The number of alkyl halides is 1. The number of H-pyrrole nitrogens is 1. The Morgan fingerprint density at radius 1 is 1.50 bits per heavy atom. The monoisotopic (exact) mass is 282 g/mol. The minimum Gasteiger partial charge on any atom is -0.349 e. The quantitative estimate of drug-likeness (QED) is 0.858.